The van der Waals surface area contributed by atoms with Crippen LogP contribution in [-0.2, 0) is 4.79 Å². The normalized spacial score (nSPS) is 15.5. The molecule has 6 nitrogen and oxygen atoms in total. The predicted octanol–water partition coefficient (Wildman–Crippen LogP) is 5.14. The fourth-order valence-electron chi connectivity index (χ4n) is 3.60. The Bertz CT molecular complexity index is 1280. The summed E-state index contributed by atoms with van der Waals surface area (Å²) in [6.45, 7) is 1.54. The molecule has 0 saturated heterocycles. The van der Waals surface area contributed by atoms with Gasteiger partial charge in [-0.1, -0.05) is 18.2 Å². The second-order valence-electron chi connectivity index (χ2n) is 7.53. The Balaban J connectivity index is 1.56. The quantitative estimate of drug-likeness (QED) is 0.299. The molecule has 2 atom stereocenters. The fraction of sp³-hybridized carbons (Fsp3) is 0.154. The monoisotopic (exact) mass is 476 g/mol. The van der Waals surface area contributed by atoms with Crippen molar-refractivity contribution in [2.24, 2.45) is 5.73 Å². The van der Waals surface area contributed by atoms with Crippen LogP contribution in [0.25, 0.3) is 0 Å². The van der Waals surface area contributed by atoms with Gasteiger partial charge in [0.15, 0.2) is 6.10 Å². The maximum Gasteiger partial charge on any atom is 0.352 e. The Morgan fingerprint density at radius 1 is 1.12 bits per heavy atom. The van der Waals surface area contributed by atoms with Crippen LogP contribution >= 0.6 is 11.8 Å². The third-order valence-corrected chi connectivity index (χ3v) is 6.06. The first-order valence-electron chi connectivity index (χ1n) is 10.4. The van der Waals surface area contributed by atoms with E-state index in [2.05, 4.69) is 6.07 Å². The van der Waals surface area contributed by atoms with Crippen LogP contribution in [0.15, 0.2) is 83.1 Å². The summed E-state index contributed by atoms with van der Waals surface area (Å²) >= 11 is 1.63. The lowest BCUT2D eigenvalue weighted by molar-refractivity contribution is -0.141. The molecule has 2 N–H and O–H groups in total. The molecule has 1 heterocycles. The van der Waals surface area contributed by atoms with Crippen molar-refractivity contribution in [3.05, 3.63) is 95.1 Å². The maximum atomic E-state index is 13.1. The van der Waals surface area contributed by atoms with E-state index in [9.17, 15) is 14.4 Å². The van der Waals surface area contributed by atoms with Gasteiger partial charge in [0, 0.05) is 16.5 Å². The molecule has 0 aliphatic carbocycles. The van der Waals surface area contributed by atoms with E-state index in [1.54, 1.807) is 30.0 Å². The van der Waals surface area contributed by atoms with Gasteiger partial charge in [0.2, 0.25) is 5.88 Å². The minimum absolute atomic E-state index is 0.00503. The second kappa shape index (κ2) is 9.89. The van der Waals surface area contributed by atoms with Gasteiger partial charge in [-0.25, -0.2) is 9.18 Å². The Labute approximate surface area is 200 Å². The molecule has 0 fully saturated rings. The molecule has 8 heteroatoms. The molecule has 0 aromatic heterocycles. The van der Waals surface area contributed by atoms with E-state index >= 15 is 0 Å². The molecule has 4 rings (SSSR count). The van der Waals surface area contributed by atoms with E-state index in [-0.39, 0.29) is 11.6 Å². The summed E-state index contributed by atoms with van der Waals surface area (Å²) in [7, 11) is 0. The molecule has 1 aliphatic heterocycles. The van der Waals surface area contributed by atoms with Gasteiger partial charge in [0.05, 0.1) is 5.92 Å². The molecule has 1 aliphatic rings. The largest absolute Gasteiger partial charge is 0.479 e. The predicted molar refractivity (Wildman–Crippen MR) is 126 cm³/mol. The van der Waals surface area contributed by atoms with Crippen LogP contribution in [0.4, 0.5) is 4.39 Å². The first-order valence-corrected chi connectivity index (χ1v) is 11.6. The number of esters is 1. The third-order valence-electron chi connectivity index (χ3n) is 5.32. The van der Waals surface area contributed by atoms with Crippen LogP contribution in [0.5, 0.6) is 17.2 Å². The van der Waals surface area contributed by atoms with Crippen LogP contribution < -0.4 is 19.9 Å². The van der Waals surface area contributed by atoms with E-state index < -0.39 is 23.8 Å². The topological polar surface area (TPSA) is 94.6 Å². The molecule has 0 spiro atoms. The van der Waals surface area contributed by atoms with Crippen LogP contribution in [0.3, 0.4) is 0 Å². The Kier molecular flexibility index (Phi) is 6.75. The molecule has 2 unspecified atom stereocenters. The number of benzene rings is 3. The minimum atomic E-state index is -0.930. The van der Waals surface area contributed by atoms with Gasteiger partial charge in [0.25, 0.3) is 0 Å². The summed E-state index contributed by atoms with van der Waals surface area (Å²) < 4.78 is 29.7. The summed E-state index contributed by atoms with van der Waals surface area (Å²) in [6, 6.07) is 20.3. The summed E-state index contributed by atoms with van der Waals surface area (Å²) in [5, 5.41) is 9.71. The van der Waals surface area contributed by atoms with E-state index in [1.807, 2.05) is 30.5 Å². The van der Waals surface area contributed by atoms with Crippen molar-refractivity contribution in [2.45, 2.75) is 23.8 Å². The highest BCUT2D eigenvalue weighted by Gasteiger charge is 2.31. The van der Waals surface area contributed by atoms with E-state index in [0.717, 1.165) is 16.0 Å². The smallest absolute Gasteiger partial charge is 0.352 e. The van der Waals surface area contributed by atoms with Crippen LogP contribution in [0, 0.1) is 17.1 Å². The average molecular weight is 477 g/mol. The number of rotatable bonds is 6. The van der Waals surface area contributed by atoms with Gasteiger partial charge < -0.3 is 19.9 Å². The first-order chi connectivity index (χ1) is 16.4. The van der Waals surface area contributed by atoms with Gasteiger partial charge in [0.1, 0.15) is 34.7 Å². The van der Waals surface area contributed by atoms with Gasteiger partial charge in [-0.05, 0) is 61.2 Å². The Morgan fingerprint density at radius 3 is 2.44 bits per heavy atom. The third kappa shape index (κ3) is 4.85. The summed E-state index contributed by atoms with van der Waals surface area (Å²) in [5.41, 5.74) is 8.01. The maximum absolute atomic E-state index is 13.1. The van der Waals surface area contributed by atoms with Gasteiger partial charge in [-0.15, -0.1) is 11.8 Å². The molecule has 34 heavy (non-hydrogen) atoms. The molecular formula is C26H21FN2O4S. The lowest BCUT2D eigenvalue weighted by Gasteiger charge is -2.27. The summed E-state index contributed by atoms with van der Waals surface area (Å²) in [4.78, 5) is 13.6. The van der Waals surface area contributed by atoms with E-state index in [0.29, 0.717) is 17.1 Å². The van der Waals surface area contributed by atoms with Crippen molar-refractivity contribution < 1.29 is 23.4 Å². The minimum Gasteiger partial charge on any atom is -0.479 e. The van der Waals surface area contributed by atoms with E-state index in [4.69, 9.17) is 19.9 Å². The van der Waals surface area contributed by atoms with Crippen LogP contribution in [0.2, 0.25) is 0 Å². The highest BCUT2D eigenvalue weighted by Crippen LogP contribution is 2.43. The summed E-state index contributed by atoms with van der Waals surface area (Å²) in [6.07, 6.45) is 1.06. The Hall–Kier alpha value is -3.96. The number of allylic oxidation sites excluding steroid dienone is 1. The highest BCUT2D eigenvalue weighted by atomic mass is 32.2. The number of halogens is 1. The summed E-state index contributed by atoms with van der Waals surface area (Å²) in [5.74, 6) is -0.457. The number of carbonyl (C=O) groups is 1. The number of nitriles is 1. The molecule has 172 valence electrons. The molecule has 0 saturated carbocycles. The van der Waals surface area contributed by atoms with Crippen molar-refractivity contribution in [3.8, 4) is 23.3 Å². The lowest BCUT2D eigenvalue weighted by Crippen LogP contribution is -2.28. The van der Waals surface area contributed by atoms with Crippen molar-refractivity contribution in [1.29, 1.82) is 5.26 Å². The lowest BCUT2D eigenvalue weighted by atomic mass is 9.83. The second-order valence-corrected chi connectivity index (χ2v) is 8.41. The molecule has 0 radical (unpaired) electrons. The number of thioether (sulfide) groups is 1. The molecule has 3 aromatic carbocycles. The average Bonchev–Trinajstić information content (AvgIpc) is 2.84. The number of ether oxygens (including phenoxy) is 3. The van der Waals surface area contributed by atoms with Crippen molar-refractivity contribution >= 4 is 17.7 Å². The van der Waals surface area contributed by atoms with Crippen LogP contribution in [-0.4, -0.2) is 18.3 Å². The molecule has 0 bridgehead atoms. The van der Waals surface area contributed by atoms with Gasteiger partial charge in [-0.2, -0.15) is 5.26 Å². The van der Waals surface area contributed by atoms with Crippen molar-refractivity contribution in [1.82, 2.24) is 0 Å². The van der Waals surface area contributed by atoms with Crippen LogP contribution in [0.1, 0.15) is 24.0 Å². The van der Waals surface area contributed by atoms with E-state index in [1.165, 1.54) is 31.2 Å². The molecule has 3 aromatic rings. The number of carbonyl (C=O) groups excluding carboxylic acids is 1. The zero-order valence-electron chi connectivity index (χ0n) is 18.4. The number of nitrogens with two attached hydrogens (primary N) is 1. The molecule has 0 amide bonds. The zero-order valence-corrected chi connectivity index (χ0v) is 19.3. The number of hydrogen-bond donors (Lipinski definition) is 1. The first kappa shape index (κ1) is 23.2. The highest BCUT2D eigenvalue weighted by molar-refractivity contribution is 7.98. The van der Waals surface area contributed by atoms with Gasteiger partial charge in [-0.3, -0.25) is 0 Å². The van der Waals surface area contributed by atoms with Gasteiger partial charge >= 0.3 is 5.97 Å². The van der Waals surface area contributed by atoms with Crippen molar-refractivity contribution in [3.63, 3.8) is 0 Å². The van der Waals surface area contributed by atoms with Crippen molar-refractivity contribution in [2.75, 3.05) is 6.26 Å². The Morgan fingerprint density at radius 2 is 1.79 bits per heavy atom. The zero-order chi connectivity index (χ0) is 24.2. The molecular weight excluding hydrogens is 455 g/mol. The SMILES string of the molecule is CSc1ccc(C2C(C#N)=C(N)Oc3cc(OC(=O)C(C)Oc4ccc(F)cc4)ccc32)cc1. The standard InChI is InChI=1S/C26H21FN2O4S/c1-15(31-18-7-5-17(27)6-8-18)26(30)32-19-9-12-21-23(13-19)33-25(29)22(14-28)24(21)16-3-10-20(34-2)11-4-16/h3-13,15,24H,29H2,1-2H3. The number of hydrogen-bond acceptors (Lipinski definition) is 7. The number of nitrogens with zero attached hydrogens (tertiary/aromatic N) is 1. The number of fused-ring (bicyclic) bond motifs is 1. The fourth-order valence-corrected chi connectivity index (χ4v) is 4.01.